The normalized spacial score (nSPS) is 12.4. The number of alkyl halides is 6. The smallest absolute Gasteiger partial charge is 0.338 e. The van der Waals surface area contributed by atoms with Crippen molar-refractivity contribution >= 4 is 33.1 Å². The Balaban J connectivity index is 1.71. The summed E-state index contributed by atoms with van der Waals surface area (Å²) >= 11 is 3.23. The minimum Gasteiger partial charge on any atom is -0.338 e. The summed E-state index contributed by atoms with van der Waals surface area (Å²) in [7, 11) is 0. The lowest BCUT2D eigenvalue weighted by atomic mass is 10.1. The number of benzene rings is 1. The van der Waals surface area contributed by atoms with E-state index >= 15 is 0 Å². The third-order valence-corrected chi connectivity index (χ3v) is 4.85. The van der Waals surface area contributed by atoms with Crippen molar-refractivity contribution in [1.29, 1.82) is 0 Å². The van der Waals surface area contributed by atoms with E-state index in [1.54, 1.807) is 0 Å². The number of rotatable bonds is 3. The lowest BCUT2D eigenvalue weighted by Gasteiger charge is -2.12. The van der Waals surface area contributed by atoms with Gasteiger partial charge in [-0.2, -0.15) is 36.0 Å². The molecule has 0 aliphatic carbocycles. The third-order valence-electron chi connectivity index (χ3n) is 4.30. The van der Waals surface area contributed by atoms with Crippen LogP contribution in [0.1, 0.15) is 11.1 Å². The largest absolute Gasteiger partial charge is 0.418 e. The highest BCUT2D eigenvalue weighted by Gasteiger charge is 2.34. The van der Waals surface area contributed by atoms with Crippen molar-refractivity contribution in [2.75, 3.05) is 5.32 Å². The second kappa shape index (κ2) is 7.52. The van der Waals surface area contributed by atoms with Crippen LogP contribution in [-0.2, 0) is 12.4 Å². The molecular weight excluding hydrogens is 492 g/mol. The van der Waals surface area contributed by atoms with Crippen LogP contribution in [0.3, 0.4) is 0 Å². The van der Waals surface area contributed by atoms with Gasteiger partial charge in [-0.25, -0.2) is 4.98 Å². The molecule has 0 saturated heterocycles. The molecule has 0 bridgehead atoms. The molecule has 1 aromatic carbocycles. The van der Waals surface area contributed by atoms with Gasteiger partial charge in [0, 0.05) is 17.4 Å². The van der Waals surface area contributed by atoms with Gasteiger partial charge in [0.15, 0.2) is 16.1 Å². The predicted octanol–water partition coefficient (Wildman–Crippen LogP) is 6.34. The highest BCUT2D eigenvalue weighted by atomic mass is 79.9. The summed E-state index contributed by atoms with van der Waals surface area (Å²) < 4.78 is 79.6. The maximum Gasteiger partial charge on any atom is 0.418 e. The minimum atomic E-state index is -4.60. The van der Waals surface area contributed by atoms with E-state index < -0.39 is 23.5 Å². The van der Waals surface area contributed by atoms with Crippen molar-refractivity contribution in [3.63, 3.8) is 0 Å². The van der Waals surface area contributed by atoms with Crippen LogP contribution in [0.2, 0.25) is 0 Å². The van der Waals surface area contributed by atoms with Crippen LogP contribution >= 0.6 is 15.9 Å². The summed E-state index contributed by atoms with van der Waals surface area (Å²) in [5.41, 5.74) is -1.34. The summed E-state index contributed by atoms with van der Waals surface area (Å²) in [6.07, 6.45) is -6.60. The molecule has 4 aromatic rings. The van der Waals surface area contributed by atoms with Crippen LogP contribution in [0.5, 0.6) is 0 Å². The first-order chi connectivity index (χ1) is 14.5. The zero-order valence-corrected chi connectivity index (χ0v) is 16.7. The first-order valence-electron chi connectivity index (χ1n) is 8.55. The molecule has 4 rings (SSSR count). The SMILES string of the molecule is FC(F)(F)c1ccc(Nc2c(Br)nc3cc(-c4ncccc4C(F)(F)F)cnn23)cc1. The Hall–Kier alpha value is -3.15. The average Bonchev–Trinajstić information content (AvgIpc) is 3.01. The number of anilines is 2. The number of aromatic nitrogens is 4. The van der Waals surface area contributed by atoms with Gasteiger partial charge in [0.1, 0.15) is 0 Å². The minimum absolute atomic E-state index is 0.110. The summed E-state index contributed by atoms with van der Waals surface area (Å²) in [6.45, 7) is 0. The fourth-order valence-corrected chi connectivity index (χ4v) is 3.34. The van der Waals surface area contributed by atoms with Crippen LogP contribution in [-0.4, -0.2) is 19.6 Å². The predicted molar refractivity (Wildman–Crippen MR) is 104 cm³/mol. The van der Waals surface area contributed by atoms with Gasteiger partial charge in [-0.05, 0) is 58.4 Å². The number of fused-ring (bicyclic) bond motifs is 1. The molecule has 3 heterocycles. The van der Waals surface area contributed by atoms with Crippen molar-refractivity contribution in [2.24, 2.45) is 0 Å². The molecule has 0 unspecified atom stereocenters. The topological polar surface area (TPSA) is 55.1 Å². The van der Waals surface area contributed by atoms with Crippen LogP contribution in [0.25, 0.3) is 16.9 Å². The fourth-order valence-electron chi connectivity index (χ4n) is 2.89. The first kappa shape index (κ1) is 21.1. The zero-order valence-electron chi connectivity index (χ0n) is 15.1. The van der Waals surface area contributed by atoms with Crippen LogP contribution < -0.4 is 5.32 Å². The van der Waals surface area contributed by atoms with E-state index in [1.165, 1.54) is 41.2 Å². The fraction of sp³-hybridized carbons (Fsp3) is 0.105. The molecule has 12 heteroatoms. The third kappa shape index (κ3) is 4.20. The molecule has 0 fully saturated rings. The summed E-state index contributed by atoms with van der Waals surface area (Å²) in [6, 6.07) is 7.82. The molecule has 160 valence electrons. The van der Waals surface area contributed by atoms with Gasteiger partial charge in [-0.1, -0.05) is 0 Å². The van der Waals surface area contributed by atoms with Gasteiger partial charge in [0.25, 0.3) is 0 Å². The molecule has 5 nitrogen and oxygen atoms in total. The summed E-state index contributed by atoms with van der Waals surface area (Å²) in [5, 5.41) is 7.03. The molecule has 0 radical (unpaired) electrons. The Morgan fingerprint density at radius 3 is 2.29 bits per heavy atom. The number of imidazole rings is 1. The Kier molecular flexibility index (Phi) is 5.12. The first-order valence-corrected chi connectivity index (χ1v) is 9.34. The van der Waals surface area contributed by atoms with Crippen LogP contribution in [0.15, 0.2) is 59.5 Å². The van der Waals surface area contributed by atoms with Crippen molar-refractivity contribution in [3.05, 3.63) is 70.6 Å². The molecule has 0 aliphatic rings. The highest BCUT2D eigenvalue weighted by Crippen LogP contribution is 2.36. The Morgan fingerprint density at radius 1 is 0.935 bits per heavy atom. The van der Waals surface area contributed by atoms with Crippen molar-refractivity contribution in [1.82, 2.24) is 19.6 Å². The maximum absolute atomic E-state index is 13.3. The van der Waals surface area contributed by atoms with E-state index in [1.807, 2.05) is 0 Å². The van der Waals surface area contributed by atoms with Crippen molar-refractivity contribution in [3.8, 4) is 11.3 Å². The van der Waals surface area contributed by atoms with Gasteiger partial charge >= 0.3 is 12.4 Å². The molecule has 0 amide bonds. The van der Waals surface area contributed by atoms with Gasteiger partial charge in [-0.3, -0.25) is 4.98 Å². The van der Waals surface area contributed by atoms with E-state index in [2.05, 4.69) is 36.3 Å². The van der Waals surface area contributed by atoms with Crippen LogP contribution in [0, 0.1) is 0 Å². The van der Waals surface area contributed by atoms with E-state index in [-0.39, 0.29) is 21.5 Å². The number of halogens is 7. The molecular formula is C19H10BrF6N5. The van der Waals surface area contributed by atoms with E-state index in [4.69, 9.17) is 0 Å². The highest BCUT2D eigenvalue weighted by molar-refractivity contribution is 9.10. The molecule has 0 spiro atoms. The van der Waals surface area contributed by atoms with Gasteiger partial charge < -0.3 is 5.32 Å². The van der Waals surface area contributed by atoms with E-state index in [9.17, 15) is 26.3 Å². The zero-order chi connectivity index (χ0) is 22.4. The number of nitrogens with one attached hydrogen (secondary N) is 1. The maximum atomic E-state index is 13.3. The Morgan fingerprint density at radius 2 is 1.65 bits per heavy atom. The number of hydrogen-bond donors (Lipinski definition) is 1. The molecule has 0 atom stereocenters. The van der Waals surface area contributed by atoms with E-state index in [0.29, 0.717) is 11.5 Å². The summed E-state index contributed by atoms with van der Waals surface area (Å²) in [4.78, 5) is 8.04. The molecule has 1 N–H and O–H groups in total. The lowest BCUT2D eigenvalue weighted by molar-refractivity contribution is -0.138. The summed E-state index contributed by atoms with van der Waals surface area (Å²) in [5.74, 6) is 0.290. The number of nitrogens with zero attached hydrogens (tertiary/aromatic N) is 4. The van der Waals surface area contributed by atoms with Crippen molar-refractivity contribution < 1.29 is 26.3 Å². The average molecular weight is 502 g/mol. The monoisotopic (exact) mass is 501 g/mol. The molecule has 0 aliphatic heterocycles. The van der Waals surface area contributed by atoms with Gasteiger partial charge in [0.2, 0.25) is 0 Å². The quantitative estimate of drug-likeness (QED) is 0.333. The number of pyridine rings is 1. The Labute approximate surface area is 178 Å². The van der Waals surface area contributed by atoms with Gasteiger partial charge in [-0.15, -0.1) is 0 Å². The molecule has 31 heavy (non-hydrogen) atoms. The van der Waals surface area contributed by atoms with E-state index in [0.717, 1.165) is 18.2 Å². The number of hydrogen-bond acceptors (Lipinski definition) is 4. The second-order valence-corrected chi connectivity index (χ2v) is 7.11. The van der Waals surface area contributed by atoms with Crippen LogP contribution in [0.4, 0.5) is 37.8 Å². The molecule has 3 aromatic heterocycles. The molecule has 0 saturated carbocycles. The second-order valence-electron chi connectivity index (χ2n) is 6.36. The Bertz CT molecular complexity index is 1250. The standard InChI is InChI=1S/C19H10BrF6N5/c20-16-17(29-12-5-3-11(4-6-12)18(21,22)23)31-14(30-16)8-10(9-28-31)15-13(19(24,25)26)2-1-7-27-15/h1-9,29H. The van der Waals surface area contributed by atoms with Gasteiger partial charge in [0.05, 0.1) is 23.0 Å². The van der Waals surface area contributed by atoms with Crippen molar-refractivity contribution in [2.45, 2.75) is 12.4 Å². The lowest BCUT2D eigenvalue weighted by Crippen LogP contribution is -2.08.